The van der Waals surface area contributed by atoms with Crippen LogP contribution < -0.4 is 0 Å². The fourth-order valence-corrected chi connectivity index (χ4v) is 2.66. The maximum absolute atomic E-state index is 11.1. The summed E-state index contributed by atoms with van der Waals surface area (Å²) in [6, 6.07) is 1.92. The molecule has 0 amide bonds. The van der Waals surface area contributed by atoms with Gasteiger partial charge >= 0.3 is 0 Å². The van der Waals surface area contributed by atoms with Gasteiger partial charge in [0.25, 0.3) is 0 Å². The average molecular weight is 211 g/mol. The lowest BCUT2D eigenvalue weighted by molar-refractivity contribution is -0.125. The summed E-state index contributed by atoms with van der Waals surface area (Å²) in [5.41, 5.74) is 0.148. The Hall–Kier alpha value is -0.740. The summed E-state index contributed by atoms with van der Waals surface area (Å²) in [6.07, 6.45) is 2.09. The van der Waals surface area contributed by atoms with Gasteiger partial charge in [-0.05, 0) is 37.4 Å². The molecular weight excluding hydrogens is 198 g/mol. The molecule has 0 atom stereocenters. The summed E-state index contributed by atoms with van der Waals surface area (Å²) in [6.45, 7) is 1.91. The molecule has 3 nitrogen and oxygen atoms in total. The number of nitrogens with zero attached hydrogens (tertiary/aromatic N) is 1. The maximum atomic E-state index is 11.1. The minimum atomic E-state index is -0.792. The van der Waals surface area contributed by atoms with Crippen molar-refractivity contribution in [3.63, 3.8) is 0 Å². The smallest absolute Gasteiger partial charge is 0.133 e. The number of aryl methyl sites for hydroxylation is 1. The van der Waals surface area contributed by atoms with Crippen LogP contribution in [0.3, 0.4) is 0 Å². The highest BCUT2D eigenvalue weighted by molar-refractivity contribution is 7.06. The molecule has 0 bridgehead atoms. The number of Topliss-reactive ketones (excluding diaryl/α,β-unsaturated/α-hetero) is 1. The molecule has 4 heteroatoms. The topological polar surface area (TPSA) is 50.2 Å². The van der Waals surface area contributed by atoms with Crippen LogP contribution in [0, 0.1) is 6.92 Å². The Labute approximate surface area is 86.9 Å². The molecule has 1 aromatic rings. The largest absolute Gasteiger partial charge is 0.384 e. The number of hydrogen-bond acceptors (Lipinski definition) is 4. The van der Waals surface area contributed by atoms with Crippen LogP contribution in [0.2, 0.25) is 0 Å². The fourth-order valence-electron chi connectivity index (χ4n) is 1.77. The molecular formula is C10H13NO2S. The lowest BCUT2D eigenvalue weighted by Crippen LogP contribution is -2.30. The van der Waals surface area contributed by atoms with E-state index >= 15 is 0 Å². The Bertz CT molecular complexity index is 349. The maximum Gasteiger partial charge on any atom is 0.133 e. The Kier molecular flexibility index (Phi) is 2.41. The first-order valence-corrected chi connectivity index (χ1v) is 5.55. The highest BCUT2D eigenvalue weighted by atomic mass is 32.1. The van der Waals surface area contributed by atoms with Gasteiger partial charge in [-0.2, -0.15) is 4.37 Å². The Morgan fingerprint density at radius 2 is 2.14 bits per heavy atom. The van der Waals surface area contributed by atoms with Gasteiger partial charge in [-0.25, -0.2) is 0 Å². The van der Waals surface area contributed by atoms with Crippen molar-refractivity contribution in [2.75, 3.05) is 0 Å². The SMILES string of the molecule is Cc1cc(C2(O)CCC(=O)CC2)sn1. The number of rotatable bonds is 1. The van der Waals surface area contributed by atoms with Gasteiger partial charge in [-0.1, -0.05) is 0 Å². The molecule has 0 aliphatic heterocycles. The van der Waals surface area contributed by atoms with Crippen molar-refractivity contribution in [3.05, 3.63) is 16.6 Å². The molecule has 0 aromatic carbocycles. The number of carbonyl (C=O) groups is 1. The lowest BCUT2D eigenvalue weighted by atomic mass is 9.83. The van der Waals surface area contributed by atoms with Crippen molar-refractivity contribution >= 4 is 17.3 Å². The van der Waals surface area contributed by atoms with E-state index < -0.39 is 5.60 Å². The van der Waals surface area contributed by atoms with Gasteiger partial charge < -0.3 is 5.11 Å². The monoisotopic (exact) mass is 211 g/mol. The predicted molar refractivity (Wildman–Crippen MR) is 54.2 cm³/mol. The van der Waals surface area contributed by atoms with Crippen LogP contribution in [-0.2, 0) is 10.4 Å². The quantitative estimate of drug-likeness (QED) is 0.770. The zero-order chi connectivity index (χ0) is 10.2. The molecule has 1 N–H and O–H groups in total. The van der Waals surface area contributed by atoms with Gasteiger partial charge in [0.05, 0.1) is 10.6 Å². The van der Waals surface area contributed by atoms with Crippen molar-refractivity contribution in [3.8, 4) is 0 Å². The standard InChI is InChI=1S/C10H13NO2S/c1-7-6-9(14-11-7)10(13)4-2-8(12)3-5-10/h6,13H,2-5H2,1H3. The molecule has 14 heavy (non-hydrogen) atoms. The summed E-state index contributed by atoms with van der Waals surface area (Å²) >= 11 is 1.34. The van der Waals surface area contributed by atoms with E-state index in [9.17, 15) is 9.90 Å². The van der Waals surface area contributed by atoms with Crippen LogP contribution in [0.15, 0.2) is 6.07 Å². The highest BCUT2D eigenvalue weighted by Crippen LogP contribution is 2.37. The number of ketones is 1. The molecule has 0 saturated heterocycles. The van der Waals surface area contributed by atoms with Gasteiger partial charge in [0.2, 0.25) is 0 Å². The summed E-state index contributed by atoms with van der Waals surface area (Å²) in [4.78, 5) is 12.0. The minimum Gasteiger partial charge on any atom is -0.384 e. The van der Waals surface area contributed by atoms with E-state index in [0.717, 1.165) is 10.6 Å². The van der Waals surface area contributed by atoms with E-state index in [2.05, 4.69) is 4.37 Å². The average Bonchev–Trinajstić information content (AvgIpc) is 2.58. The predicted octanol–water partition coefficient (Wildman–Crippen LogP) is 1.78. The Balaban J connectivity index is 2.20. The van der Waals surface area contributed by atoms with E-state index in [1.54, 1.807) is 0 Å². The molecule has 1 saturated carbocycles. The molecule has 1 aromatic heterocycles. The molecule has 1 aliphatic rings. The van der Waals surface area contributed by atoms with Crippen molar-refractivity contribution in [1.82, 2.24) is 4.37 Å². The lowest BCUT2D eigenvalue weighted by Gasteiger charge is -2.29. The molecule has 1 aliphatic carbocycles. The zero-order valence-electron chi connectivity index (χ0n) is 8.12. The first-order chi connectivity index (χ1) is 6.60. The van der Waals surface area contributed by atoms with Crippen molar-refractivity contribution in [2.45, 2.75) is 38.2 Å². The number of carbonyl (C=O) groups excluding carboxylic acids is 1. The Morgan fingerprint density at radius 1 is 1.50 bits per heavy atom. The van der Waals surface area contributed by atoms with E-state index in [0.29, 0.717) is 25.7 Å². The van der Waals surface area contributed by atoms with E-state index in [1.165, 1.54) is 11.5 Å². The summed E-state index contributed by atoms with van der Waals surface area (Å²) in [5, 5.41) is 10.3. The highest BCUT2D eigenvalue weighted by Gasteiger charge is 2.35. The first kappa shape index (κ1) is 9.80. The molecule has 2 rings (SSSR count). The third-order valence-corrected chi connectivity index (χ3v) is 3.80. The molecule has 1 heterocycles. The zero-order valence-corrected chi connectivity index (χ0v) is 8.93. The first-order valence-electron chi connectivity index (χ1n) is 4.78. The van der Waals surface area contributed by atoms with E-state index in [1.807, 2.05) is 13.0 Å². The summed E-state index contributed by atoms with van der Waals surface area (Å²) in [5.74, 6) is 0.260. The van der Waals surface area contributed by atoms with Crippen LogP contribution in [0.5, 0.6) is 0 Å². The van der Waals surface area contributed by atoms with Gasteiger partial charge in [0.15, 0.2) is 0 Å². The van der Waals surface area contributed by atoms with Crippen LogP contribution in [0.4, 0.5) is 0 Å². The third-order valence-electron chi connectivity index (χ3n) is 2.72. The van der Waals surface area contributed by atoms with Gasteiger partial charge in [-0.15, -0.1) is 0 Å². The fraction of sp³-hybridized carbons (Fsp3) is 0.600. The van der Waals surface area contributed by atoms with Crippen molar-refractivity contribution < 1.29 is 9.90 Å². The molecule has 76 valence electrons. The second kappa shape index (κ2) is 3.44. The molecule has 1 fully saturated rings. The van der Waals surface area contributed by atoms with Crippen LogP contribution in [0.1, 0.15) is 36.3 Å². The Morgan fingerprint density at radius 3 is 2.64 bits per heavy atom. The normalized spacial score (nSPS) is 21.1. The van der Waals surface area contributed by atoms with Crippen LogP contribution in [0.25, 0.3) is 0 Å². The molecule has 0 radical (unpaired) electrons. The number of aromatic nitrogens is 1. The van der Waals surface area contributed by atoms with Crippen LogP contribution >= 0.6 is 11.5 Å². The molecule has 0 unspecified atom stereocenters. The van der Waals surface area contributed by atoms with Gasteiger partial charge in [-0.3, -0.25) is 4.79 Å². The van der Waals surface area contributed by atoms with E-state index in [-0.39, 0.29) is 5.78 Å². The van der Waals surface area contributed by atoms with Gasteiger partial charge in [0, 0.05) is 12.8 Å². The summed E-state index contributed by atoms with van der Waals surface area (Å²) < 4.78 is 4.15. The summed E-state index contributed by atoms with van der Waals surface area (Å²) in [7, 11) is 0. The van der Waals surface area contributed by atoms with Crippen molar-refractivity contribution in [2.24, 2.45) is 0 Å². The third kappa shape index (κ3) is 1.72. The second-order valence-electron chi connectivity index (χ2n) is 3.90. The number of aliphatic hydroxyl groups is 1. The van der Waals surface area contributed by atoms with Crippen molar-refractivity contribution in [1.29, 1.82) is 0 Å². The molecule has 0 spiro atoms. The van der Waals surface area contributed by atoms with Crippen LogP contribution in [-0.4, -0.2) is 15.3 Å². The van der Waals surface area contributed by atoms with E-state index in [4.69, 9.17) is 0 Å². The number of hydrogen-bond donors (Lipinski definition) is 1. The second-order valence-corrected chi connectivity index (χ2v) is 4.71. The minimum absolute atomic E-state index is 0.260. The van der Waals surface area contributed by atoms with Gasteiger partial charge in [0.1, 0.15) is 11.4 Å².